The van der Waals surface area contributed by atoms with Crippen molar-refractivity contribution in [3.8, 4) is 11.3 Å². The maximum absolute atomic E-state index is 4.29. The standard InChI is InChI=1S/C13H14BrN3/c1-8-2-3-9(14)6-11(8)12-7-13(17-16-12)15-10-4-5-10/h2-3,6-7,10H,4-5H2,1H3,(H2,15,16,17). The van der Waals surface area contributed by atoms with Gasteiger partial charge in [-0.05, 0) is 37.5 Å². The highest BCUT2D eigenvalue weighted by Gasteiger charge is 2.21. The normalized spacial score (nSPS) is 14.9. The zero-order valence-corrected chi connectivity index (χ0v) is 11.2. The number of aromatic nitrogens is 2. The monoisotopic (exact) mass is 291 g/mol. The van der Waals surface area contributed by atoms with Crippen LogP contribution in [0.5, 0.6) is 0 Å². The molecule has 2 N–H and O–H groups in total. The van der Waals surface area contributed by atoms with E-state index in [1.807, 2.05) is 0 Å². The zero-order chi connectivity index (χ0) is 11.8. The molecule has 3 nitrogen and oxygen atoms in total. The first-order chi connectivity index (χ1) is 8.22. The molecule has 3 rings (SSSR count). The first kappa shape index (κ1) is 10.8. The minimum absolute atomic E-state index is 0.634. The summed E-state index contributed by atoms with van der Waals surface area (Å²) < 4.78 is 1.09. The van der Waals surface area contributed by atoms with Gasteiger partial charge in [-0.2, -0.15) is 5.10 Å². The molecular weight excluding hydrogens is 278 g/mol. The van der Waals surface area contributed by atoms with Crippen LogP contribution in [0, 0.1) is 6.92 Å². The third kappa shape index (κ3) is 2.36. The Kier molecular flexibility index (Phi) is 2.67. The molecule has 0 radical (unpaired) electrons. The molecule has 1 aromatic carbocycles. The lowest BCUT2D eigenvalue weighted by Crippen LogP contribution is -2.00. The molecule has 17 heavy (non-hydrogen) atoms. The Morgan fingerprint density at radius 2 is 2.18 bits per heavy atom. The fourth-order valence-electron chi connectivity index (χ4n) is 1.85. The lowest BCUT2D eigenvalue weighted by atomic mass is 10.1. The SMILES string of the molecule is Cc1ccc(Br)cc1-c1cc(NC2CC2)n[nH]1. The maximum Gasteiger partial charge on any atom is 0.148 e. The summed E-state index contributed by atoms with van der Waals surface area (Å²) in [6.07, 6.45) is 2.52. The second-order valence-corrected chi connectivity index (χ2v) is 5.46. The van der Waals surface area contributed by atoms with Gasteiger partial charge in [0.1, 0.15) is 5.82 Å². The second-order valence-electron chi connectivity index (χ2n) is 4.54. The van der Waals surface area contributed by atoms with E-state index in [9.17, 15) is 0 Å². The van der Waals surface area contributed by atoms with Crippen LogP contribution in [0.1, 0.15) is 18.4 Å². The molecule has 1 aliphatic rings. The smallest absolute Gasteiger partial charge is 0.148 e. The van der Waals surface area contributed by atoms with Crippen LogP contribution in [0.25, 0.3) is 11.3 Å². The third-order valence-electron chi connectivity index (χ3n) is 3.00. The van der Waals surface area contributed by atoms with E-state index in [1.54, 1.807) is 0 Å². The number of nitrogens with zero attached hydrogens (tertiary/aromatic N) is 1. The van der Waals surface area contributed by atoms with Gasteiger partial charge in [0.05, 0.1) is 5.69 Å². The van der Waals surface area contributed by atoms with E-state index in [0.717, 1.165) is 16.0 Å². The number of anilines is 1. The topological polar surface area (TPSA) is 40.7 Å². The molecule has 1 aliphatic carbocycles. The van der Waals surface area contributed by atoms with E-state index in [-0.39, 0.29) is 0 Å². The van der Waals surface area contributed by atoms with Gasteiger partial charge in [-0.15, -0.1) is 0 Å². The number of hydrogen-bond acceptors (Lipinski definition) is 2. The molecule has 0 atom stereocenters. The molecule has 0 saturated heterocycles. The predicted octanol–water partition coefficient (Wildman–Crippen LogP) is 3.72. The summed E-state index contributed by atoms with van der Waals surface area (Å²) in [7, 11) is 0. The fraction of sp³-hybridized carbons (Fsp3) is 0.308. The van der Waals surface area contributed by atoms with Gasteiger partial charge in [0.15, 0.2) is 0 Å². The van der Waals surface area contributed by atoms with E-state index >= 15 is 0 Å². The van der Waals surface area contributed by atoms with Gasteiger partial charge in [-0.25, -0.2) is 0 Å². The minimum atomic E-state index is 0.634. The lowest BCUT2D eigenvalue weighted by molar-refractivity contribution is 1.05. The lowest BCUT2D eigenvalue weighted by Gasteiger charge is -2.03. The number of nitrogens with one attached hydrogen (secondary N) is 2. The summed E-state index contributed by atoms with van der Waals surface area (Å²) in [4.78, 5) is 0. The van der Waals surface area contributed by atoms with Crippen LogP contribution < -0.4 is 5.32 Å². The quantitative estimate of drug-likeness (QED) is 0.905. The maximum atomic E-state index is 4.29. The van der Waals surface area contributed by atoms with Crippen LogP contribution in [-0.2, 0) is 0 Å². The average Bonchev–Trinajstić information content (AvgIpc) is 2.99. The van der Waals surface area contributed by atoms with Crippen molar-refractivity contribution >= 4 is 21.7 Å². The van der Waals surface area contributed by atoms with Gasteiger partial charge >= 0.3 is 0 Å². The Balaban J connectivity index is 1.91. The number of benzene rings is 1. The molecule has 88 valence electrons. The number of aryl methyl sites for hydroxylation is 1. The van der Waals surface area contributed by atoms with Crippen molar-refractivity contribution in [3.05, 3.63) is 34.3 Å². The third-order valence-corrected chi connectivity index (χ3v) is 3.49. The van der Waals surface area contributed by atoms with Gasteiger partial charge in [0, 0.05) is 22.1 Å². The summed E-state index contributed by atoms with van der Waals surface area (Å²) in [6.45, 7) is 2.11. The van der Waals surface area contributed by atoms with Crippen molar-refractivity contribution in [3.63, 3.8) is 0 Å². The minimum Gasteiger partial charge on any atom is -0.366 e. The molecule has 0 bridgehead atoms. The molecule has 1 fully saturated rings. The molecule has 1 heterocycles. The molecule has 1 aromatic heterocycles. The summed E-state index contributed by atoms with van der Waals surface area (Å²) in [5.74, 6) is 0.946. The molecular formula is C13H14BrN3. The fourth-order valence-corrected chi connectivity index (χ4v) is 2.22. The Morgan fingerprint density at radius 3 is 2.94 bits per heavy atom. The Morgan fingerprint density at radius 1 is 1.35 bits per heavy atom. The highest BCUT2D eigenvalue weighted by molar-refractivity contribution is 9.10. The number of aromatic amines is 1. The van der Waals surface area contributed by atoms with Crippen LogP contribution in [0.3, 0.4) is 0 Å². The van der Waals surface area contributed by atoms with Crippen LogP contribution in [0.15, 0.2) is 28.7 Å². The largest absolute Gasteiger partial charge is 0.366 e. The molecule has 2 aromatic rings. The first-order valence-corrected chi connectivity index (χ1v) is 6.60. The Bertz CT molecular complexity index is 543. The Hall–Kier alpha value is -1.29. The average molecular weight is 292 g/mol. The molecule has 4 heteroatoms. The van der Waals surface area contributed by atoms with Crippen LogP contribution in [-0.4, -0.2) is 16.2 Å². The van der Waals surface area contributed by atoms with Crippen LogP contribution in [0.4, 0.5) is 5.82 Å². The highest BCUT2D eigenvalue weighted by atomic mass is 79.9. The number of H-pyrrole nitrogens is 1. The van der Waals surface area contributed by atoms with Gasteiger partial charge in [-0.3, -0.25) is 5.10 Å². The number of rotatable bonds is 3. The number of halogens is 1. The summed E-state index contributed by atoms with van der Waals surface area (Å²) in [5.41, 5.74) is 3.50. The second kappa shape index (κ2) is 4.18. The van der Waals surface area contributed by atoms with E-state index in [1.165, 1.54) is 24.0 Å². The van der Waals surface area contributed by atoms with E-state index in [2.05, 4.69) is 62.6 Å². The van der Waals surface area contributed by atoms with Gasteiger partial charge in [-0.1, -0.05) is 22.0 Å². The molecule has 0 unspecified atom stereocenters. The predicted molar refractivity (Wildman–Crippen MR) is 73.1 cm³/mol. The molecule has 0 spiro atoms. The van der Waals surface area contributed by atoms with E-state index in [0.29, 0.717) is 6.04 Å². The number of hydrogen-bond donors (Lipinski definition) is 2. The van der Waals surface area contributed by atoms with Gasteiger partial charge in [0.2, 0.25) is 0 Å². The van der Waals surface area contributed by atoms with E-state index < -0.39 is 0 Å². The van der Waals surface area contributed by atoms with Crippen molar-refractivity contribution in [2.75, 3.05) is 5.32 Å². The van der Waals surface area contributed by atoms with Crippen molar-refractivity contribution in [2.45, 2.75) is 25.8 Å². The van der Waals surface area contributed by atoms with Gasteiger partial charge < -0.3 is 5.32 Å². The van der Waals surface area contributed by atoms with Crippen molar-refractivity contribution < 1.29 is 0 Å². The highest BCUT2D eigenvalue weighted by Crippen LogP contribution is 2.29. The van der Waals surface area contributed by atoms with Crippen LogP contribution >= 0.6 is 15.9 Å². The molecule has 0 amide bonds. The summed E-state index contributed by atoms with van der Waals surface area (Å²) in [5, 5.41) is 10.8. The summed E-state index contributed by atoms with van der Waals surface area (Å²) in [6, 6.07) is 8.98. The zero-order valence-electron chi connectivity index (χ0n) is 9.63. The van der Waals surface area contributed by atoms with Crippen molar-refractivity contribution in [2.24, 2.45) is 0 Å². The van der Waals surface area contributed by atoms with Crippen molar-refractivity contribution in [1.82, 2.24) is 10.2 Å². The van der Waals surface area contributed by atoms with Crippen molar-refractivity contribution in [1.29, 1.82) is 0 Å². The first-order valence-electron chi connectivity index (χ1n) is 5.81. The van der Waals surface area contributed by atoms with Crippen LogP contribution in [0.2, 0.25) is 0 Å². The van der Waals surface area contributed by atoms with Gasteiger partial charge in [0.25, 0.3) is 0 Å². The molecule has 0 aliphatic heterocycles. The molecule has 1 saturated carbocycles. The Labute approximate surface area is 109 Å². The van der Waals surface area contributed by atoms with E-state index in [4.69, 9.17) is 0 Å². The summed E-state index contributed by atoms with van der Waals surface area (Å²) >= 11 is 3.50.